The Morgan fingerprint density at radius 2 is 2.14 bits per heavy atom. The molecule has 0 fully saturated rings. The zero-order valence-electron chi connectivity index (χ0n) is 11.1. The van der Waals surface area contributed by atoms with Crippen LogP contribution in [-0.2, 0) is 0 Å². The predicted molar refractivity (Wildman–Crippen MR) is 87.1 cm³/mol. The highest BCUT2D eigenvalue weighted by molar-refractivity contribution is 9.10. The normalized spacial score (nSPS) is 14.0. The lowest BCUT2D eigenvalue weighted by Crippen LogP contribution is -2.20. The molecule has 6 heteroatoms. The van der Waals surface area contributed by atoms with Crippen LogP contribution in [0.3, 0.4) is 0 Å². The fraction of sp³-hybridized carbons (Fsp3) is 0.200. The predicted octanol–water partition coefficient (Wildman–Crippen LogP) is 3.94. The van der Waals surface area contributed by atoms with E-state index in [2.05, 4.69) is 21.2 Å². The van der Waals surface area contributed by atoms with Crippen LogP contribution in [0.25, 0.3) is 0 Å². The molecule has 0 saturated carbocycles. The Balaban J connectivity index is 1.88. The van der Waals surface area contributed by atoms with Crippen LogP contribution in [0.5, 0.6) is 11.5 Å². The Morgan fingerprint density at radius 3 is 2.90 bits per heavy atom. The smallest absolute Gasteiger partial charge is 0.231 e. The maximum absolute atomic E-state index is 6.22. The number of benzene rings is 2. The molecule has 4 nitrogen and oxygen atoms in total. The molecule has 0 aromatic heterocycles. The minimum Gasteiger partial charge on any atom is -0.454 e. The minimum atomic E-state index is -0.0636. The van der Waals surface area contributed by atoms with Crippen molar-refractivity contribution in [3.63, 3.8) is 0 Å². The summed E-state index contributed by atoms with van der Waals surface area (Å²) in [6.45, 7) is 0.632. The number of hydrogen-bond donors (Lipinski definition) is 2. The van der Waals surface area contributed by atoms with Crippen LogP contribution in [-0.4, -0.2) is 13.3 Å². The van der Waals surface area contributed by atoms with Crippen molar-refractivity contribution >= 4 is 33.2 Å². The molecular formula is C15H14BrClN2O2. The summed E-state index contributed by atoms with van der Waals surface area (Å²) < 4.78 is 11.7. The van der Waals surface area contributed by atoms with E-state index in [9.17, 15) is 0 Å². The van der Waals surface area contributed by atoms with Gasteiger partial charge in [0.2, 0.25) is 6.79 Å². The van der Waals surface area contributed by atoms with Gasteiger partial charge in [0.15, 0.2) is 11.5 Å². The SMILES string of the molecule is NCC(Nc1cccc(Br)c1)c1cc(Cl)c2c(c1)OCO2. The fourth-order valence-electron chi connectivity index (χ4n) is 2.25. The second-order valence-electron chi connectivity index (χ2n) is 4.68. The van der Waals surface area contributed by atoms with Crippen molar-refractivity contribution in [2.75, 3.05) is 18.7 Å². The van der Waals surface area contributed by atoms with E-state index in [-0.39, 0.29) is 12.8 Å². The van der Waals surface area contributed by atoms with Crippen LogP contribution in [0, 0.1) is 0 Å². The Labute approximate surface area is 136 Å². The third-order valence-corrected chi connectivity index (χ3v) is 4.03. The molecule has 0 bridgehead atoms. The molecule has 1 aliphatic rings. The van der Waals surface area contributed by atoms with E-state index in [1.807, 2.05) is 36.4 Å². The number of halogens is 2. The molecular weight excluding hydrogens is 356 g/mol. The van der Waals surface area contributed by atoms with Gasteiger partial charge in [-0.15, -0.1) is 0 Å². The molecule has 3 rings (SSSR count). The van der Waals surface area contributed by atoms with Gasteiger partial charge < -0.3 is 20.5 Å². The first-order valence-corrected chi connectivity index (χ1v) is 7.65. The van der Waals surface area contributed by atoms with Gasteiger partial charge in [0.05, 0.1) is 11.1 Å². The zero-order valence-corrected chi connectivity index (χ0v) is 13.4. The van der Waals surface area contributed by atoms with E-state index in [1.165, 1.54) is 0 Å². The average Bonchev–Trinajstić information content (AvgIpc) is 2.93. The van der Waals surface area contributed by atoms with E-state index in [0.29, 0.717) is 23.1 Å². The first-order chi connectivity index (χ1) is 10.2. The van der Waals surface area contributed by atoms with E-state index in [0.717, 1.165) is 15.7 Å². The van der Waals surface area contributed by atoms with Gasteiger partial charge in [-0.3, -0.25) is 0 Å². The van der Waals surface area contributed by atoms with Crippen molar-refractivity contribution in [3.05, 3.63) is 51.5 Å². The third-order valence-electron chi connectivity index (χ3n) is 3.25. The number of ether oxygens (including phenoxy) is 2. The van der Waals surface area contributed by atoms with Gasteiger partial charge in [-0.05, 0) is 35.9 Å². The second-order valence-corrected chi connectivity index (χ2v) is 6.00. The van der Waals surface area contributed by atoms with E-state index in [4.69, 9.17) is 26.8 Å². The summed E-state index contributed by atoms with van der Waals surface area (Å²) in [5.41, 5.74) is 7.84. The molecule has 2 aromatic carbocycles. The van der Waals surface area contributed by atoms with Crippen LogP contribution < -0.4 is 20.5 Å². The van der Waals surface area contributed by atoms with Gasteiger partial charge in [-0.1, -0.05) is 33.6 Å². The number of fused-ring (bicyclic) bond motifs is 1. The molecule has 1 heterocycles. The molecule has 0 amide bonds. The van der Waals surface area contributed by atoms with Crippen LogP contribution >= 0.6 is 27.5 Å². The van der Waals surface area contributed by atoms with Gasteiger partial charge in [0, 0.05) is 16.7 Å². The maximum atomic E-state index is 6.22. The first kappa shape index (κ1) is 14.5. The van der Waals surface area contributed by atoms with Crippen molar-refractivity contribution in [2.45, 2.75) is 6.04 Å². The monoisotopic (exact) mass is 368 g/mol. The van der Waals surface area contributed by atoms with Gasteiger partial charge in [-0.2, -0.15) is 0 Å². The largest absolute Gasteiger partial charge is 0.454 e. The zero-order chi connectivity index (χ0) is 14.8. The highest BCUT2D eigenvalue weighted by atomic mass is 79.9. The Kier molecular flexibility index (Phi) is 4.24. The summed E-state index contributed by atoms with van der Waals surface area (Å²) in [4.78, 5) is 0. The first-order valence-electron chi connectivity index (χ1n) is 6.48. The standard InChI is InChI=1S/C15H14BrClN2O2/c16-10-2-1-3-11(6-10)19-13(7-18)9-4-12(17)15-14(5-9)20-8-21-15/h1-6,13,19H,7-8,18H2. The molecule has 1 aliphatic heterocycles. The Bertz CT molecular complexity index is 666. The molecule has 0 radical (unpaired) electrons. The Morgan fingerprint density at radius 1 is 1.29 bits per heavy atom. The molecule has 3 N–H and O–H groups in total. The number of hydrogen-bond acceptors (Lipinski definition) is 4. The molecule has 1 atom stereocenters. The molecule has 1 unspecified atom stereocenters. The number of nitrogens with two attached hydrogens (primary N) is 1. The van der Waals surface area contributed by atoms with Crippen molar-refractivity contribution in [2.24, 2.45) is 5.73 Å². The van der Waals surface area contributed by atoms with Crippen LogP contribution in [0.15, 0.2) is 40.9 Å². The lowest BCUT2D eigenvalue weighted by atomic mass is 10.1. The highest BCUT2D eigenvalue weighted by Gasteiger charge is 2.21. The van der Waals surface area contributed by atoms with Crippen LogP contribution in [0.2, 0.25) is 5.02 Å². The van der Waals surface area contributed by atoms with Crippen LogP contribution in [0.4, 0.5) is 5.69 Å². The third kappa shape index (κ3) is 3.10. The second kappa shape index (κ2) is 6.13. The van der Waals surface area contributed by atoms with Crippen molar-refractivity contribution in [1.82, 2.24) is 0 Å². The summed E-state index contributed by atoms with van der Waals surface area (Å²) in [5.74, 6) is 1.26. The topological polar surface area (TPSA) is 56.5 Å². The average molecular weight is 370 g/mol. The summed E-state index contributed by atoms with van der Waals surface area (Å²) in [7, 11) is 0. The number of nitrogens with one attached hydrogen (secondary N) is 1. The molecule has 0 spiro atoms. The summed E-state index contributed by atoms with van der Waals surface area (Å²) >= 11 is 9.68. The van der Waals surface area contributed by atoms with E-state index in [1.54, 1.807) is 0 Å². The van der Waals surface area contributed by atoms with Crippen LogP contribution in [0.1, 0.15) is 11.6 Å². The number of rotatable bonds is 4. The van der Waals surface area contributed by atoms with E-state index >= 15 is 0 Å². The lowest BCUT2D eigenvalue weighted by Gasteiger charge is -2.19. The maximum Gasteiger partial charge on any atom is 0.231 e. The Hall–Kier alpha value is -1.43. The molecule has 21 heavy (non-hydrogen) atoms. The van der Waals surface area contributed by atoms with Crippen molar-refractivity contribution < 1.29 is 9.47 Å². The minimum absolute atomic E-state index is 0.0636. The van der Waals surface area contributed by atoms with E-state index < -0.39 is 0 Å². The van der Waals surface area contributed by atoms with Crippen molar-refractivity contribution in [1.29, 1.82) is 0 Å². The molecule has 0 aliphatic carbocycles. The van der Waals surface area contributed by atoms with Gasteiger partial charge in [0.1, 0.15) is 0 Å². The molecule has 2 aromatic rings. The summed E-state index contributed by atoms with van der Waals surface area (Å²) in [6, 6.07) is 11.6. The molecule has 110 valence electrons. The van der Waals surface area contributed by atoms with Gasteiger partial charge in [0.25, 0.3) is 0 Å². The highest BCUT2D eigenvalue weighted by Crippen LogP contribution is 2.41. The number of anilines is 1. The quantitative estimate of drug-likeness (QED) is 0.857. The van der Waals surface area contributed by atoms with Gasteiger partial charge >= 0.3 is 0 Å². The summed E-state index contributed by atoms with van der Waals surface area (Å²) in [6.07, 6.45) is 0. The van der Waals surface area contributed by atoms with Crippen molar-refractivity contribution in [3.8, 4) is 11.5 Å². The fourth-order valence-corrected chi connectivity index (χ4v) is 2.92. The lowest BCUT2D eigenvalue weighted by molar-refractivity contribution is 0.174. The molecule has 0 saturated heterocycles. The van der Waals surface area contributed by atoms with Gasteiger partial charge in [-0.25, -0.2) is 0 Å². The summed E-state index contributed by atoms with van der Waals surface area (Å²) in [5, 5.41) is 3.93.